The average Bonchev–Trinajstić information content (AvgIpc) is 2.18. The summed E-state index contributed by atoms with van der Waals surface area (Å²) in [6, 6.07) is 8.64. The molecule has 72 valence electrons. The van der Waals surface area contributed by atoms with Gasteiger partial charge in [0, 0.05) is 5.39 Å². The second-order valence-electron chi connectivity index (χ2n) is 2.92. The summed E-state index contributed by atoms with van der Waals surface area (Å²) in [6.07, 6.45) is 0. The fourth-order valence-corrected chi connectivity index (χ4v) is 2.14. The maximum Gasteiger partial charge on any atom is 0.133 e. The normalized spacial score (nSPS) is 10.5. The van der Waals surface area contributed by atoms with Gasteiger partial charge >= 0.3 is 0 Å². The lowest BCUT2D eigenvalue weighted by molar-refractivity contribution is 0.412. The van der Waals surface area contributed by atoms with Gasteiger partial charge in [0.15, 0.2) is 0 Å². The highest BCUT2D eigenvalue weighted by Crippen LogP contribution is 2.34. The summed E-state index contributed by atoms with van der Waals surface area (Å²) in [4.78, 5) is 0. The van der Waals surface area contributed by atoms with Gasteiger partial charge in [-0.15, -0.1) is 0 Å². The zero-order chi connectivity index (χ0) is 10.1. The smallest absolute Gasteiger partial charge is 0.133 e. The van der Waals surface area contributed by atoms with Crippen LogP contribution in [0, 0.1) is 5.82 Å². The molecule has 0 amide bonds. The number of hydrogen-bond acceptors (Lipinski definition) is 1. The van der Waals surface area contributed by atoms with E-state index >= 15 is 0 Å². The van der Waals surface area contributed by atoms with Crippen molar-refractivity contribution in [3.8, 4) is 5.75 Å². The highest BCUT2D eigenvalue weighted by Gasteiger charge is 2.08. The van der Waals surface area contributed by atoms with Gasteiger partial charge in [0.05, 0.1) is 11.6 Å². The van der Waals surface area contributed by atoms with Crippen molar-refractivity contribution in [2.75, 3.05) is 7.11 Å². The van der Waals surface area contributed by atoms with Crippen LogP contribution in [0.15, 0.2) is 34.8 Å². The predicted octanol–water partition coefficient (Wildman–Crippen LogP) is 3.75. The summed E-state index contributed by atoms with van der Waals surface area (Å²) >= 11 is 3.33. The molecule has 0 atom stereocenters. The maximum absolute atomic E-state index is 13.5. The van der Waals surface area contributed by atoms with Crippen molar-refractivity contribution < 1.29 is 9.13 Å². The molecule has 0 bridgehead atoms. The molecule has 0 radical (unpaired) electrons. The van der Waals surface area contributed by atoms with E-state index in [-0.39, 0.29) is 5.82 Å². The largest absolute Gasteiger partial charge is 0.496 e. The maximum atomic E-state index is 13.5. The van der Waals surface area contributed by atoms with Crippen LogP contribution in [-0.4, -0.2) is 7.11 Å². The Bertz CT molecular complexity index is 482. The molecule has 0 aromatic heterocycles. The second kappa shape index (κ2) is 3.58. The molecule has 0 aliphatic heterocycles. The summed E-state index contributed by atoms with van der Waals surface area (Å²) in [7, 11) is 1.56. The molecule has 2 aromatic carbocycles. The van der Waals surface area contributed by atoms with E-state index in [4.69, 9.17) is 4.74 Å². The number of benzene rings is 2. The average molecular weight is 255 g/mol. The van der Waals surface area contributed by atoms with Crippen LogP contribution in [0.5, 0.6) is 5.75 Å². The van der Waals surface area contributed by atoms with E-state index < -0.39 is 0 Å². The molecule has 1 nitrogen and oxygen atoms in total. The number of halogens is 2. The molecule has 14 heavy (non-hydrogen) atoms. The second-order valence-corrected chi connectivity index (χ2v) is 3.71. The monoisotopic (exact) mass is 254 g/mol. The van der Waals surface area contributed by atoms with E-state index in [1.807, 2.05) is 18.2 Å². The molecule has 2 rings (SSSR count). The first-order valence-electron chi connectivity index (χ1n) is 4.15. The Balaban J connectivity index is 2.86. The van der Waals surface area contributed by atoms with Crippen LogP contribution < -0.4 is 4.74 Å². The Morgan fingerprint density at radius 3 is 2.71 bits per heavy atom. The van der Waals surface area contributed by atoms with Crippen molar-refractivity contribution in [2.24, 2.45) is 0 Å². The topological polar surface area (TPSA) is 9.23 Å². The lowest BCUT2D eigenvalue weighted by atomic mass is 10.1. The van der Waals surface area contributed by atoms with E-state index in [1.165, 1.54) is 6.07 Å². The molecule has 3 heteroatoms. The third-order valence-corrected chi connectivity index (χ3v) is 2.90. The lowest BCUT2D eigenvalue weighted by Crippen LogP contribution is -1.87. The lowest BCUT2D eigenvalue weighted by Gasteiger charge is -2.06. The molecular weight excluding hydrogens is 247 g/mol. The third kappa shape index (κ3) is 1.38. The van der Waals surface area contributed by atoms with Crippen LogP contribution in [0.1, 0.15) is 0 Å². The molecule has 0 unspecified atom stereocenters. The highest BCUT2D eigenvalue weighted by molar-refractivity contribution is 9.10. The van der Waals surface area contributed by atoms with E-state index in [2.05, 4.69) is 15.9 Å². The van der Waals surface area contributed by atoms with Crippen molar-refractivity contribution in [3.63, 3.8) is 0 Å². The van der Waals surface area contributed by atoms with Crippen LogP contribution in [-0.2, 0) is 0 Å². The van der Waals surface area contributed by atoms with Crippen LogP contribution >= 0.6 is 15.9 Å². The molecule has 0 heterocycles. The number of hydrogen-bond donors (Lipinski definition) is 0. The van der Waals surface area contributed by atoms with Gasteiger partial charge in [0.1, 0.15) is 11.6 Å². The molecule has 2 aromatic rings. The Morgan fingerprint density at radius 2 is 2.00 bits per heavy atom. The zero-order valence-electron chi connectivity index (χ0n) is 7.55. The van der Waals surface area contributed by atoms with Crippen molar-refractivity contribution in [3.05, 3.63) is 40.6 Å². The van der Waals surface area contributed by atoms with Gasteiger partial charge in [-0.3, -0.25) is 0 Å². The van der Waals surface area contributed by atoms with E-state index in [1.54, 1.807) is 13.2 Å². The van der Waals surface area contributed by atoms with Crippen LogP contribution in [0.2, 0.25) is 0 Å². The van der Waals surface area contributed by atoms with Gasteiger partial charge in [-0.1, -0.05) is 18.2 Å². The standard InChI is InChI=1S/C11H8BrFO/c1-14-9-6-5-7-3-2-4-8(13)10(7)11(9)12/h2-6H,1H3. The first-order valence-corrected chi connectivity index (χ1v) is 4.94. The number of fused-ring (bicyclic) bond motifs is 1. The Labute approximate surface area is 89.6 Å². The van der Waals surface area contributed by atoms with Crippen LogP contribution in [0.25, 0.3) is 10.8 Å². The minimum absolute atomic E-state index is 0.242. The molecule has 0 fully saturated rings. The van der Waals surface area contributed by atoms with Crippen LogP contribution in [0.4, 0.5) is 4.39 Å². The number of ether oxygens (including phenoxy) is 1. The third-order valence-electron chi connectivity index (χ3n) is 2.12. The fourth-order valence-electron chi connectivity index (χ4n) is 1.43. The Kier molecular flexibility index (Phi) is 2.42. The van der Waals surface area contributed by atoms with Crippen molar-refractivity contribution >= 4 is 26.7 Å². The minimum Gasteiger partial charge on any atom is -0.496 e. The van der Waals surface area contributed by atoms with Crippen molar-refractivity contribution in [1.29, 1.82) is 0 Å². The zero-order valence-corrected chi connectivity index (χ0v) is 9.14. The molecule has 0 saturated heterocycles. The molecule has 0 aliphatic rings. The first-order chi connectivity index (χ1) is 6.74. The first kappa shape index (κ1) is 9.46. The summed E-state index contributed by atoms with van der Waals surface area (Å²) in [5.41, 5.74) is 0. The van der Waals surface area contributed by atoms with E-state index in [0.29, 0.717) is 15.6 Å². The van der Waals surface area contributed by atoms with Gasteiger partial charge in [0.2, 0.25) is 0 Å². The molecular formula is C11H8BrFO. The number of methoxy groups -OCH3 is 1. The summed E-state index contributed by atoms with van der Waals surface area (Å²) in [6.45, 7) is 0. The van der Waals surface area contributed by atoms with Gasteiger partial charge in [-0.05, 0) is 33.4 Å². The predicted molar refractivity (Wildman–Crippen MR) is 58.2 cm³/mol. The Morgan fingerprint density at radius 1 is 1.21 bits per heavy atom. The molecule has 0 saturated carbocycles. The Hall–Kier alpha value is -1.09. The molecule has 0 N–H and O–H groups in total. The highest BCUT2D eigenvalue weighted by atomic mass is 79.9. The summed E-state index contributed by atoms with van der Waals surface area (Å²) in [5.74, 6) is 0.399. The number of rotatable bonds is 1. The van der Waals surface area contributed by atoms with Crippen molar-refractivity contribution in [2.45, 2.75) is 0 Å². The fraction of sp³-hybridized carbons (Fsp3) is 0.0909. The molecule has 0 spiro atoms. The van der Waals surface area contributed by atoms with Gasteiger partial charge in [-0.25, -0.2) is 4.39 Å². The van der Waals surface area contributed by atoms with E-state index in [0.717, 1.165) is 5.39 Å². The summed E-state index contributed by atoms with van der Waals surface area (Å²) in [5, 5.41) is 1.42. The van der Waals surface area contributed by atoms with Gasteiger partial charge in [-0.2, -0.15) is 0 Å². The van der Waals surface area contributed by atoms with E-state index in [9.17, 15) is 4.39 Å². The van der Waals surface area contributed by atoms with Gasteiger partial charge < -0.3 is 4.74 Å². The van der Waals surface area contributed by atoms with Crippen molar-refractivity contribution in [1.82, 2.24) is 0 Å². The van der Waals surface area contributed by atoms with Gasteiger partial charge in [0.25, 0.3) is 0 Å². The minimum atomic E-state index is -0.242. The SMILES string of the molecule is COc1ccc2cccc(F)c2c1Br. The van der Waals surface area contributed by atoms with Crippen LogP contribution in [0.3, 0.4) is 0 Å². The molecule has 0 aliphatic carbocycles. The summed E-state index contributed by atoms with van der Waals surface area (Å²) < 4.78 is 19.2. The quantitative estimate of drug-likeness (QED) is 0.754.